The van der Waals surface area contributed by atoms with Crippen LogP contribution in [0.1, 0.15) is 0 Å². The number of benzene rings is 4. The molecule has 0 aliphatic carbocycles. The first kappa shape index (κ1) is 17.4. The topological polar surface area (TPSA) is 21.7 Å². The van der Waals surface area contributed by atoms with Gasteiger partial charge in [-0.1, -0.05) is 0 Å². The zero-order valence-electron chi connectivity index (χ0n) is 15.5. The Morgan fingerprint density at radius 3 is 1.53 bits per heavy atom. The normalized spacial score (nSPS) is 18.9. The van der Waals surface area contributed by atoms with Gasteiger partial charge in [0.25, 0.3) is 0 Å². The van der Waals surface area contributed by atoms with Gasteiger partial charge >= 0.3 is 183 Å². The molecular formula is C24H14BiCl2NO2. The van der Waals surface area contributed by atoms with Gasteiger partial charge in [0.2, 0.25) is 0 Å². The third-order valence-electron chi connectivity index (χ3n) is 6.03. The van der Waals surface area contributed by atoms with Crippen LogP contribution in [0.3, 0.4) is 0 Å². The summed E-state index contributed by atoms with van der Waals surface area (Å²) < 4.78 is 15.4. The predicted octanol–water partition coefficient (Wildman–Crippen LogP) is 5.58. The van der Waals surface area contributed by atoms with Crippen LogP contribution in [0.4, 0.5) is 17.1 Å². The minimum atomic E-state index is -5.09. The van der Waals surface area contributed by atoms with Gasteiger partial charge in [-0.25, -0.2) is 0 Å². The van der Waals surface area contributed by atoms with Crippen molar-refractivity contribution in [2.45, 2.75) is 0 Å². The van der Waals surface area contributed by atoms with Crippen LogP contribution in [0.15, 0.2) is 84.9 Å². The molecule has 4 aromatic carbocycles. The Hall–Kier alpha value is -2.26. The molecule has 0 unspecified atom stereocenters. The fourth-order valence-corrected chi connectivity index (χ4v) is 28.8. The van der Waals surface area contributed by atoms with Crippen molar-refractivity contribution in [1.82, 2.24) is 0 Å². The summed E-state index contributed by atoms with van der Waals surface area (Å²) in [6.45, 7) is 0. The average Bonchev–Trinajstić information content (AvgIpc) is 2.74. The molecule has 3 nitrogen and oxygen atoms in total. The molecule has 6 heteroatoms. The molecule has 3 aliphatic heterocycles. The van der Waals surface area contributed by atoms with Crippen molar-refractivity contribution in [3.8, 4) is 23.0 Å². The van der Waals surface area contributed by atoms with Crippen molar-refractivity contribution in [2.24, 2.45) is 0 Å². The van der Waals surface area contributed by atoms with E-state index in [2.05, 4.69) is 29.2 Å². The first-order valence-corrected chi connectivity index (χ1v) is 23.4. The van der Waals surface area contributed by atoms with Crippen LogP contribution in [0.5, 0.6) is 23.0 Å². The molecule has 0 atom stereocenters. The van der Waals surface area contributed by atoms with Crippen molar-refractivity contribution in [3.05, 3.63) is 84.9 Å². The fourth-order valence-electron chi connectivity index (χ4n) is 4.95. The van der Waals surface area contributed by atoms with E-state index in [0.717, 1.165) is 38.4 Å². The SMILES string of the molecule is [Cl][Bi]12([Cl])[c]3c4cccc3Oc3cccc([c]31)N(c1ccccc1)c1cccc([c]12)O4. The number of hydrogen-bond acceptors (Lipinski definition) is 3. The van der Waals surface area contributed by atoms with Gasteiger partial charge in [0.15, 0.2) is 0 Å². The summed E-state index contributed by atoms with van der Waals surface area (Å²) in [6, 6.07) is 28.1. The summed E-state index contributed by atoms with van der Waals surface area (Å²) in [7, 11) is 15.7. The number of rotatable bonds is 1. The zero-order valence-corrected chi connectivity index (χ0v) is 20.5. The van der Waals surface area contributed by atoms with E-state index in [-0.39, 0.29) is 0 Å². The third kappa shape index (κ3) is 1.87. The average molecular weight is 628 g/mol. The van der Waals surface area contributed by atoms with Crippen molar-refractivity contribution in [1.29, 1.82) is 0 Å². The molecule has 0 amide bonds. The monoisotopic (exact) mass is 627 g/mol. The molecular weight excluding hydrogens is 614 g/mol. The molecule has 0 fully saturated rings. The summed E-state index contributed by atoms with van der Waals surface area (Å²) in [5.41, 5.74) is 2.99. The molecule has 0 aromatic heterocycles. The van der Waals surface area contributed by atoms with Gasteiger partial charge in [-0.2, -0.15) is 0 Å². The van der Waals surface area contributed by atoms with Crippen LogP contribution in [0.25, 0.3) is 0 Å². The quantitative estimate of drug-likeness (QED) is 0.227. The maximum atomic E-state index is 7.85. The standard InChI is InChI=1S/C24H14NO2.Bi.2ClH/c1-2-7-18(8-3-1)25-19-9-4-11-21(15-19)26-23-13-6-14-24(17-23)27-22-12-5-10-20(25)16-22;;;/h1-14H;;2*1H/q;+2;;/p-2. The Morgan fingerprint density at radius 2 is 1.00 bits per heavy atom. The molecule has 0 N–H and O–H groups in total. The Labute approximate surface area is 181 Å². The molecule has 0 spiro atoms. The van der Waals surface area contributed by atoms with E-state index in [1.807, 2.05) is 60.7 Å². The number of ether oxygens (including phenoxy) is 2. The maximum absolute atomic E-state index is 7.85. The Balaban J connectivity index is 1.71. The van der Waals surface area contributed by atoms with Gasteiger partial charge in [0, 0.05) is 0 Å². The van der Waals surface area contributed by atoms with E-state index < -0.39 is 16.4 Å². The first-order valence-electron chi connectivity index (χ1n) is 9.64. The van der Waals surface area contributed by atoms with Gasteiger partial charge in [0.05, 0.1) is 0 Å². The Bertz CT molecular complexity index is 1320. The van der Waals surface area contributed by atoms with E-state index in [1.165, 1.54) is 0 Å². The molecule has 0 saturated heterocycles. The number of nitrogens with zero attached hydrogens (tertiary/aromatic N) is 1. The van der Waals surface area contributed by atoms with Crippen LogP contribution < -0.4 is 24.2 Å². The predicted molar refractivity (Wildman–Crippen MR) is 124 cm³/mol. The van der Waals surface area contributed by atoms with E-state index in [0.29, 0.717) is 11.5 Å². The van der Waals surface area contributed by atoms with E-state index >= 15 is 0 Å². The summed E-state index contributed by atoms with van der Waals surface area (Å²) in [5, 5.41) is 0. The molecule has 7 rings (SSSR count). The van der Waals surface area contributed by atoms with Gasteiger partial charge in [0.1, 0.15) is 0 Å². The second-order valence-corrected chi connectivity index (χ2v) is 33.3. The van der Waals surface area contributed by atoms with E-state index in [9.17, 15) is 0 Å². The summed E-state index contributed by atoms with van der Waals surface area (Å²) >= 11 is -5.09. The number of para-hydroxylation sites is 1. The summed E-state index contributed by atoms with van der Waals surface area (Å²) in [4.78, 5) is 2.21. The van der Waals surface area contributed by atoms with Gasteiger partial charge < -0.3 is 0 Å². The van der Waals surface area contributed by atoms with Crippen LogP contribution in [-0.4, -0.2) is 16.4 Å². The Kier molecular flexibility index (Phi) is 3.20. The molecule has 30 heavy (non-hydrogen) atoms. The number of anilines is 3. The van der Waals surface area contributed by atoms with Crippen LogP contribution in [-0.2, 0) is 0 Å². The molecule has 0 radical (unpaired) electrons. The molecule has 3 heterocycles. The van der Waals surface area contributed by atoms with Gasteiger partial charge in [-0.15, -0.1) is 0 Å². The first-order chi connectivity index (χ1) is 14.6. The van der Waals surface area contributed by atoms with Crippen molar-refractivity contribution < 1.29 is 9.47 Å². The number of halogens is 2. The second kappa shape index (κ2) is 5.50. The van der Waals surface area contributed by atoms with Crippen LogP contribution in [0, 0.1) is 0 Å². The van der Waals surface area contributed by atoms with Gasteiger partial charge in [-0.05, 0) is 0 Å². The molecule has 3 aliphatic rings. The third-order valence-corrected chi connectivity index (χ3v) is 29.3. The van der Waals surface area contributed by atoms with Gasteiger partial charge in [-0.3, -0.25) is 0 Å². The summed E-state index contributed by atoms with van der Waals surface area (Å²) in [6.07, 6.45) is 0. The van der Waals surface area contributed by atoms with E-state index in [1.54, 1.807) is 0 Å². The zero-order chi connectivity index (χ0) is 20.1. The molecule has 146 valence electrons. The van der Waals surface area contributed by atoms with Crippen LogP contribution in [0.2, 0.25) is 0 Å². The molecule has 4 aromatic rings. The fraction of sp³-hybridized carbons (Fsp3) is 0. The van der Waals surface area contributed by atoms with Crippen molar-refractivity contribution in [3.63, 3.8) is 0 Å². The molecule has 0 bridgehead atoms. The summed E-state index contributed by atoms with van der Waals surface area (Å²) in [5.74, 6) is 2.86. The van der Waals surface area contributed by atoms with E-state index in [4.69, 9.17) is 26.5 Å². The molecule has 0 saturated carbocycles. The Morgan fingerprint density at radius 1 is 0.533 bits per heavy atom. The second-order valence-electron chi connectivity index (χ2n) is 7.63. The van der Waals surface area contributed by atoms with Crippen molar-refractivity contribution in [2.75, 3.05) is 4.90 Å². The number of hydrogen-bond donors (Lipinski definition) is 0. The minimum absolute atomic E-state index is 0.698. The van der Waals surface area contributed by atoms with Crippen molar-refractivity contribution >= 4 is 60.3 Å². The van der Waals surface area contributed by atoms with Crippen LogP contribution >= 0.6 is 17.0 Å².